The molecule has 0 bridgehead atoms. The Hall–Kier alpha value is -2.88. The largest absolute Gasteiger partial charge is 2.00 e. The third-order valence-electron chi connectivity index (χ3n) is 7.18. The Balaban J connectivity index is 0.00000190. The quantitative estimate of drug-likeness (QED) is 0.218. The molecule has 4 aromatic rings. The van der Waals surface area contributed by atoms with Crippen LogP contribution in [0.5, 0.6) is 0 Å². The third-order valence-corrected chi connectivity index (χ3v) is 7.18. The summed E-state index contributed by atoms with van der Waals surface area (Å²) < 4.78 is 4.03. The average molecular weight is 503 g/mol. The van der Waals surface area contributed by atoms with E-state index in [2.05, 4.69) is 48.8 Å². The predicted octanol–water partition coefficient (Wildman–Crippen LogP) is 6.36. The standard InChI is InChI=1S/C30H31N4O.CH3.Mg/c1-2-3-13-28-27(20-22-14-16-23(17-15-22)26-12-8-7-9-24(26)21-31)30(35)33(25-10-5-4-6-11-25)29-18-19-32-34(28)29;;/h4,7-9,12,14-19,25H,2-3,5-6,10-11,13,20H2,1H3;1H3;/q2*-1;+2. The average Bonchev–Trinajstić information content (AvgIpc) is 3.39. The molecular weight excluding hydrogens is 469 g/mol. The zero-order valence-corrected chi connectivity index (χ0v) is 23.4. The first-order valence-corrected chi connectivity index (χ1v) is 12.7. The van der Waals surface area contributed by atoms with Crippen molar-refractivity contribution in [3.63, 3.8) is 0 Å². The molecule has 0 radical (unpaired) electrons. The van der Waals surface area contributed by atoms with E-state index < -0.39 is 0 Å². The van der Waals surface area contributed by atoms with Crippen molar-refractivity contribution in [3.8, 4) is 17.2 Å². The molecular formula is C31H34MgN4O. The number of unbranched alkanes of at least 4 members (excludes halogenated alkanes) is 1. The zero-order valence-electron chi connectivity index (χ0n) is 22.0. The second-order valence-corrected chi connectivity index (χ2v) is 9.43. The Labute approximate surface area is 236 Å². The number of rotatable bonds is 7. The molecule has 2 aromatic heterocycles. The van der Waals surface area contributed by atoms with Crippen molar-refractivity contribution in [3.05, 3.63) is 107 Å². The van der Waals surface area contributed by atoms with Crippen molar-refractivity contribution in [2.75, 3.05) is 0 Å². The number of nitriles is 1. The summed E-state index contributed by atoms with van der Waals surface area (Å²) >= 11 is 0. The molecule has 1 saturated carbocycles. The van der Waals surface area contributed by atoms with Crippen LogP contribution in [0.1, 0.15) is 73.9 Å². The van der Waals surface area contributed by atoms with Crippen LogP contribution in [0.15, 0.2) is 65.6 Å². The topological polar surface area (TPSA) is 63.1 Å². The van der Waals surface area contributed by atoms with Gasteiger partial charge in [0.05, 0.1) is 23.5 Å². The molecule has 2 aromatic carbocycles. The molecule has 186 valence electrons. The van der Waals surface area contributed by atoms with Gasteiger partial charge in [-0.05, 0) is 35.6 Å². The Bertz CT molecular complexity index is 1420. The van der Waals surface area contributed by atoms with Gasteiger partial charge in [0.1, 0.15) is 5.65 Å². The second kappa shape index (κ2) is 13.1. The maximum absolute atomic E-state index is 14.0. The van der Waals surface area contributed by atoms with E-state index in [1.54, 1.807) is 0 Å². The molecule has 0 aliphatic heterocycles. The Morgan fingerprint density at radius 3 is 2.51 bits per heavy atom. The van der Waals surface area contributed by atoms with Gasteiger partial charge in [0, 0.05) is 24.1 Å². The van der Waals surface area contributed by atoms with Crippen LogP contribution in [-0.2, 0) is 12.8 Å². The molecule has 1 aliphatic carbocycles. The fourth-order valence-electron chi connectivity index (χ4n) is 5.32. The van der Waals surface area contributed by atoms with Gasteiger partial charge in [0.25, 0.3) is 5.56 Å². The Morgan fingerprint density at radius 1 is 1.08 bits per heavy atom. The van der Waals surface area contributed by atoms with Crippen LogP contribution >= 0.6 is 0 Å². The third kappa shape index (κ3) is 5.84. The van der Waals surface area contributed by atoms with Crippen molar-refractivity contribution in [1.82, 2.24) is 14.2 Å². The number of hydrogen-bond acceptors (Lipinski definition) is 3. The van der Waals surface area contributed by atoms with Crippen LogP contribution in [0, 0.1) is 25.2 Å². The summed E-state index contributed by atoms with van der Waals surface area (Å²) in [5, 5.41) is 14.1. The van der Waals surface area contributed by atoms with E-state index in [0.29, 0.717) is 12.0 Å². The van der Waals surface area contributed by atoms with E-state index in [1.807, 2.05) is 45.6 Å². The minimum absolute atomic E-state index is 0. The first kappa shape index (κ1) is 28.7. The molecule has 0 amide bonds. The maximum Gasteiger partial charge on any atom is 2.00 e. The zero-order chi connectivity index (χ0) is 24.2. The number of hydrogen-bond donors (Lipinski definition) is 0. The van der Waals surface area contributed by atoms with E-state index >= 15 is 0 Å². The fraction of sp³-hybridized carbons (Fsp3) is 0.323. The molecule has 37 heavy (non-hydrogen) atoms. The van der Waals surface area contributed by atoms with Gasteiger partial charge in [0.2, 0.25) is 0 Å². The van der Waals surface area contributed by atoms with E-state index in [-0.39, 0.29) is 42.1 Å². The van der Waals surface area contributed by atoms with E-state index in [0.717, 1.165) is 78.5 Å². The van der Waals surface area contributed by atoms with Crippen molar-refractivity contribution < 1.29 is 0 Å². The van der Waals surface area contributed by atoms with Crippen molar-refractivity contribution in [2.45, 2.75) is 64.3 Å². The van der Waals surface area contributed by atoms with E-state index in [4.69, 9.17) is 0 Å². The van der Waals surface area contributed by atoms with Crippen molar-refractivity contribution in [1.29, 1.82) is 5.26 Å². The molecule has 1 aliphatic rings. The smallest absolute Gasteiger partial charge is 0.358 e. The maximum atomic E-state index is 14.0. The molecule has 0 N–H and O–H groups in total. The number of fused-ring (bicyclic) bond motifs is 1. The minimum atomic E-state index is 0. The molecule has 0 unspecified atom stereocenters. The van der Waals surface area contributed by atoms with Crippen molar-refractivity contribution >= 4 is 28.7 Å². The Morgan fingerprint density at radius 2 is 1.81 bits per heavy atom. The summed E-state index contributed by atoms with van der Waals surface area (Å²) in [6.45, 7) is 2.18. The first-order valence-electron chi connectivity index (χ1n) is 12.7. The van der Waals surface area contributed by atoms with Gasteiger partial charge in [-0.3, -0.25) is 9.36 Å². The molecule has 5 rings (SSSR count). The first-order chi connectivity index (χ1) is 17.2. The summed E-state index contributed by atoms with van der Waals surface area (Å²) in [6, 6.07) is 20.4. The van der Waals surface area contributed by atoms with Crippen LogP contribution in [0.2, 0.25) is 0 Å². The predicted molar refractivity (Wildman–Crippen MR) is 151 cm³/mol. The number of nitrogens with zero attached hydrogens (tertiary/aromatic N) is 4. The molecule has 6 heteroatoms. The number of benzene rings is 2. The minimum Gasteiger partial charge on any atom is -0.358 e. The molecule has 1 fully saturated rings. The molecule has 0 saturated heterocycles. The van der Waals surface area contributed by atoms with Crippen LogP contribution < -0.4 is 5.56 Å². The van der Waals surface area contributed by atoms with Crippen molar-refractivity contribution in [2.24, 2.45) is 0 Å². The summed E-state index contributed by atoms with van der Waals surface area (Å²) in [5.41, 5.74) is 6.64. The molecule has 0 atom stereocenters. The monoisotopic (exact) mass is 502 g/mol. The van der Waals surface area contributed by atoms with Crippen LogP contribution in [-0.4, -0.2) is 37.2 Å². The SMILES string of the molecule is CCCCc1c(Cc2ccc(-c3ccccc3C#N)cc2)c(=O)n(C2CC[CH-]CC2)c2ccnn12.[CH3-].[Mg+2]. The van der Waals surface area contributed by atoms with Crippen LogP contribution in [0.25, 0.3) is 16.8 Å². The summed E-state index contributed by atoms with van der Waals surface area (Å²) in [4.78, 5) is 14.0. The van der Waals surface area contributed by atoms with Gasteiger partial charge in [0.15, 0.2) is 0 Å². The Kier molecular flexibility index (Phi) is 10.1. The van der Waals surface area contributed by atoms with Gasteiger partial charge in [-0.15, -0.1) is 0 Å². The van der Waals surface area contributed by atoms with Crippen LogP contribution in [0.4, 0.5) is 0 Å². The molecule has 0 spiro atoms. The summed E-state index contributed by atoms with van der Waals surface area (Å²) in [6.07, 6.45) is 11.8. The number of aromatic nitrogens is 3. The molecule has 5 nitrogen and oxygen atoms in total. The van der Waals surface area contributed by atoms with Gasteiger partial charge < -0.3 is 13.8 Å². The molecule has 2 heterocycles. The van der Waals surface area contributed by atoms with Crippen LogP contribution in [0.3, 0.4) is 0 Å². The van der Waals surface area contributed by atoms with Gasteiger partial charge in [-0.2, -0.15) is 23.2 Å². The fourth-order valence-corrected chi connectivity index (χ4v) is 5.32. The van der Waals surface area contributed by atoms with E-state index in [1.165, 1.54) is 0 Å². The normalized spacial score (nSPS) is 13.5. The summed E-state index contributed by atoms with van der Waals surface area (Å²) in [5.74, 6) is 0. The summed E-state index contributed by atoms with van der Waals surface area (Å²) in [7, 11) is 0. The van der Waals surface area contributed by atoms with Gasteiger partial charge in [-0.25, -0.2) is 4.52 Å². The number of aryl methyl sites for hydroxylation is 1. The van der Waals surface area contributed by atoms with E-state index in [9.17, 15) is 10.1 Å². The van der Waals surface area contributed by atoms with Gasteiger partial charge in [-0.1, -0.05) is 68.7 Å². The van der Waals surface area contributed by atoms with Gasteiger partial charge >= 0.3 is 23.1 Å². The second-order valence-electron chi connectivity index (χ2n) is 9.43.